The number of amides is 1. The first-order valence-electron chi connectivity index (χ1n) is 5.95. The molecule has 0 saturated heterocycles. The molecule has 0 aliphatic heterocycles. The molecule has 0 aromatic carbocycles. The number of nitrogens with one attached hydrogen (secondary N) is 1. The minimum Gasteiger partial charge on any atom is -0.353 e. The Balaban J connectivity index is 1.79. The van der Waals surface area contributed by atoms with Gasteiger partial charge < -0.3 is 5.32 Å². The van der Waals surface area contributed by atoms with E-state index < -0.39 is 0 Å². The summed E-state index contributed by atoms with van der Waals surface area (Å²) in [6.45, 7) is 3.96. The van der Waals surface area contributed by atoms with Gasteiger partial charge in [0.25, 0.3) is 0 Å². The van der Waals surface area contributed by atoms with Gasteiger partial charge in [-0.05, 0) is 30.7 Å². The molecular formula is C13H17NO2S. The first-order chi connectivity index (χ1) is 8.08. The molecule has 0 spiro atoms. The standard InChI is InChI=1S/C13H17NO2S/c1-8-6-10(8)13(16)14-9(2)7-11(15)12-4-3-5-17-12/h3-5,8-10H,6-7H2,1-2H3,(H,14,16). The molecule has 1 N–H and O–H groups in total. The van der Waals surface area contributed by atoms with Crippen molar-refractivity contribution in [2.24, 2.45) is 11.8 Å². The summed E-state index contributed by atoms with van der Waals surface area (Å²) in [5.74, 6) is 0.894. The van der Waals surface area contributed by atoms with Crippen molar-refractivity contribution >= 4 is 23.0 Å². The molecule has 3 nitrogen and oxygen atoms in total. The number of hydrogen-bond acceptors (Lipinski definition) is 3. The van der Waals surface area contributed by atoms with E-state index in [4.69, 9.17) is 0 Å². The Bertz CT molecular complexity index is 413. The summed E-state index contributed by atoms with van der Waals surface area (Å²) in [4.78, 5) is 24.3. The van der Waals surface area contributed by atoms with Crippen molar-refractivity contribution in [1.29, 1.82) is 0 Å². The molecule has 0 radical (unpaired) electrons. The molecule has 1 saturated carbocycles. The third kappa shape index (κ3) is 3.16. The highest BCUT2D eigenvalue weighted by atomic mass is 32.1. The highest BCUT2D eigenvalue weighted by Gasteiger charge is 2.39. The second-order valence-electron chi connectivity index (χ2n) is 4.83. The normalized spacial score (nSPS) is 24.1. The van der Waals surface area contributed by atoms with E-state index in [-0.39, 0.29) is 23.7 Å². The second kappa shape index (κ2) is 5.00. The number of rotatable bonds is 5. The summed E-state index contributed by atoms with van der Waals surface area (Å²) >= 11 is 1.45. The lowest BCUT2D eigenvalue weighted by molar-refractivity contribution is -0.123. The number of carbonyl (C=O) groups is 2. The first-order valence-corrected chi connectivity index (χ1v) is 6.83. The fraction of sp³-hybridized carbons (Fsp3) is 0.538. The Hall–Kier alpha value is -1.16. The van der Waals surface area contributed by atoms with Crippen molar-refractivity contribution in [1.82, 2.24) is 5.32 Å². The fourth-order valence-corrected chi connectivity index (χ4v) is 2.58. The molecule has 1 aromatic heterocycles. The van der Waals surface area contributed by atoms with Crippen LogP contribution in [0.15, 0.2) is 17.5 Å². The van der Waals surface area contributed by atoms with Crippen LogP contribution in [-0.2, 0) is 4.79 Å². The van der Waals surface area contributed by atoms with E-state index in [9.17, 15) is 9.59 Å². The first kappa shape index (κ1) is 12.3. The van der Waals surface area contributed by atoms with Gasteiger partial charge in [-0.1, -0.05) is 13.0 Å². The third-order valence-corrected chi connectivity index (χ3v) is 4.03. The molecule has 1 fully saturated rings. The molecule has 4 heteroatoms. The SMILES string of the molecule is CC(CC(=O)c1cccs1)NC(=O)C1CC1C. The Kier molecular flexibility index (Phi) is 3.62. The van der Waals surface area contributed by atoms with Crippen LogP contribution in [0.5, 0.6) is 0 Å². The average Bonchev–Trinajstić information content (AvgIpc) is 2.81. The number of Topliss-reactive ketones (excluding diaryl/α,β-unsaturated/α-hetero) is 1. The third-order valence-electron chi connectivity index (χ3n) is 3.12. The second-order valence-corrected chi connectivity index (χ2v) is 5.78. The Morgan fingerprint density at radius 1 is 1.59 bits per heavy atom. The summed E-state index contributed by atoms with van der Waals surface area (Å²) in [7, 11) is 0. The predicted molar refractivity (Wildman–Crippen MR) is 68.1 cm³/mol. The van der Waals surface area contributed by atoms with Gasteiger partial charge in [-0.2, -0.15) is 0 Å². The van der Waals surface area contributed by atoms with E-state index in [1.807, 2.05) is 24.4 Å². The molecule has 17 heavy (non-hydrogen) atoms. The van der Waals surface area contributed by atoms with Gasteiger partial charge in [0.2, 0.25) is 5.91 Å². The molecule has 1 aliphatic rings. The van der Waals surface area contributed by atoms with Crippen LogP contribution in [0.1, 0.15) is 36.4 Å². The van der Waals surface area contributed by atoms with Crippen molar-refractivity contribution in [3.05, 3.63) is 22.4 Å². The molecule has 92 valence electrons. The van der Waals surface area contributed by atoms with Gasteiger partial charge in [0.05, 0.1) is 4.88 Å². The maximum Gasteiger partial charge on any atom is 0.223 e. The van der Waals surface area contributed by atoms with Gasteiger partial charge >= 0.3 is 0 Å². The van der Waals surface area contributed by atoms with Gasteiger partial charge in [-0.15, -0.1) is 11.3 Å². The Morgan fingerprint density at radius 2 is 2.29 bits per heavy atom. The van der Waals surface area contributed by atoms with E-state index >= 15 is 0 Å². The number of carbonyl (C=O) groups excluding carboxylic acids is 2. The van der Waals surface area contributed by atoms with Crippen LogP contribution in [-0.4, -0.2) is 17.7 Å². The van der Waals surface area contributed by atoms with Crippen molar-refractivity contribution in [2.45, 2.75) is 32.7 Å². The highest BCUT2D eigenvalue weighted by molar-refractivity contribution is 7.12. The zero-order chi connectivity index (χ0) is 12.4. The van der Waals surface area contributed by atoms with Crippen molar-refractivity contribution < 1.29 is 9.59 Å². The molecular weight excluding hydrogens is 234 g/mol. The zero-order valence-corrected chi connectivity index (χ0v) is 10.9. The highest BCUT2D eigenvalue weighted by Crippen LogP contribution is 2.37. The summed E-state index contributed by atoms with van der Waals surface area (Å²) in [5, 5.41) is 4.80. The van der Waals surface area contributed by atoms with E-state index in [0.29, 0.717) is 12.3 Å². The van der Waals surface area contributed by atoms with E-state index in [0.717, 1.165) is 11.3 Å². The predicted octanol–water partition coefficient (Wildman–Crippen LogP) is 2.48. The van der Waals surface area contributed by atoms with Crippen molar-refractivity contribution in [3.63, 3.8) is 0 Å². The quantitative estimate of drug-likeness (QED) is 0.817. The summed E-state index contributed by atoms with van der Waals surface area (Å²) in [6, 6.07) is 3.61. The van der Waals surface area contributed by atoms with Crippen LogP contribution < -0.4 is 5.32 Å². The van der Waals surface area contributed by atoms with Gasteiger partial charge in [-0.25, -0.2) is 0 Å². The van der Waals surface area contributed by atoms with E-state index in [2.05, 4.69) is 12.2 Å². The molecule has 3 unspecified atom stereocenters. The lowest BCUT2D eigenvalue weighted by Crippen LogP contribution is -2.35. The van der Waals surface area contributed by atoms with Gasteiger partial charge in [0.1, 0.15) is 0 Å². The summed E-state index contributed by atoms with van der Waals surface area (Å²) in [6.07, 6.45) is 1.37. The molecule has 3 atom stereocenters. The number of hydrogen-bond donors (Lipinski definition) is 1. The maximum absolute atomic E-state index is 11.8. The lowest BCUT2D eigenvalue weighted by Gasteiger charge is -2.12. The smallest absolute Gasteiger partial charge is 0.223 e. The van der Waals surface area contributed by atoms with Crippen LogP contribution in [0.4, 0.5) is 0 Å². The average molecular weight is 251 g/mol. The number of thiophene rings is 1. The van der Waals surface area contributed by atoms with E-state index in [1.54, 1.807) is 0 Å². The molecule has 2 rings (SSSR count). The topological polar surface area (TPSA) is 46.2 Å². The Labute approximate surface area is 105 Å². The largest absolute Gasteiger partial charge is 0.353 e. The van der Waals surface area contributed by atoms with Crippen LogP contribution in [0.3, 0.4) is 0 Å². The van der Waals surface area contributed by atoms with Crippen LogP contribution in [0, 0.1) is 11.8 Å². The monoisotopic (exact) mass is 251 g/mol. The number of ketones is 1. The van der Waals surface area contributed by atoms with Gasteiger partial charge in [0, 0.05) is 18.4 Å². The van der Waals surface area contributed by atoms with Gasteiger partial charge in [-0.3, -0.25) is 9.59 Å². The fourth-order valence-electron chi connectivity index (χ4n) is 1.90. The van der Waals surface area contributed by atoms with Crippen molar-refractivity contribution in [2.75, 3.05) is 0 Å². The molecule has 1 aromatic rings. The minimum absolute atomic E-state index is 0.0788. The van der Waals surface area contributed by atoms with Crippen LogP contribution >= 0.6 is 11.3 Å². The summed E-state index contributed by atoms with van der Waals surface area (Å²) < 4.78 is 0. The minimum atomic E-state index is -0.0788. The molecule has 1 amide bonds. The van der Waals surface area contributed by atoms with E-state index in [1.165, 1.54) is 11.3 Å². The van der Waals surface area contributed by atoms with Crippen LogP contribution in [0.25, 0.3) is 0 Å². The zero-order valence-electron chi connectivity index (χ0n) is 10.1. The molecule has 0 bridgehead atoms. The Morgan fingerprint density at radius 3 is 2.82 bits per heavy atom. The molecule has 1 aliphatic carbocycles. The molecule has 1 heterocycles. The van der Waals surface area contributed by atoms with Crippen LogP contribution in [0.2, 0.25) is 0 Å². The van der Waals surface area contributed by atoms with Crippen molar-refractivity contribution in [3.8, 4) is 0 Å². The lowest BCUT2D eigenvalue weighted by atomic mass is 10.1. The summed E-state index contributed by atoms with van der Waals surface area (Å²) in [5.41, 5.74) is 0. The maximum atomic E-state index is 11.8. The van der Waals surface area contributed by atoms with Gasteiger partial charge in [0.15, 0.2) is 5.78 Å².